The second kappa shape index (κ2) is 9.02. The number of sulfonamides is 1. The number of likely N-dealkylation sites (tertiary alicyclic amines) is 1. The van der Waals surface area contributed by atoms with Crippen molar-refractivity contribution in [1.82, 2.24) is 15.2 Å². The van der Waals surface area contributed by atoms with Crippen molar-refractivity contribution in [2.45, 2.75) is 55.0 Å². The molecule has 0 spiro atoms. The van der Waals surface area contributed by atoms with Crippen molar-refractivity contribution in [2.24, 2.45) is 0 Å². The molecule has 0 bridgehead atoms. The summed E-state index contributed by atoms with van der Waals surface area (Å²) in [7, 11) is 1.87. The average Bonchev–Trinajstić information content (AvgIpc) is 3.14. The number of nitrogens with zero attached hydrogens (tertiary/aromatic N) is 1. The van der Waals surface area contributed by atoms with E-state index in [9.17, 15) is 8.42 Å². The molecule has 3 atom stereocenters. The highest BCUT2D eigenvalue weighted by atomic mass is 32.2. The third-order valence-corrected chi connectivity index (χ3v) is 8.49. The number of methoxy groups -OCH3 is 2. The lowest BCUT2D eigenvalue weighted by molar-refractivity contribution is 0.152. The second-order valence-electron chi connectivity index (χ2n) is 9.01. The van der Waals surface area contributed by atoms with Gasteiger partial charge in [0.25, 0.3) is 10.0 Å². The lowest BCUT2D eigenvalue weighted by Gasteiger charge is -2.45. The fraction of sp³-hybridized carbons (Fsp3) is 0.500. The molecule has 0 radical (unpaired) electrons. The third-order valence-electron chi connectivity index (χ3n) is 7.21. The highest BCUT2D eigenvalue weighted by Crippen LogP contribution is 2.49. The summed E-state index contributed by atoms with van der Waals surface area (Å²) < 4.78 is 36.3. The summed E-state index contributed by atoms with van der Waals surface area (Å²) in [5.74, 6) is 1.48. The number of hydrazine groups is 1. The molecule has 0 amide bonds. The average molecular weight is 460 g/mol. The first-order chi connectivity index (χ1) is 15.3. The molecule has 1 heterocycles. The first kappa shape index (κ1) is 23.0. The number of ether oxygens (including phenoxy) is 2. The first-order valence-corrected chi connectivity index (χ1v) is 12.5. The highest BCUT2D eigenvalue weighted by Gasteiger charge is 2.50. The van der Waals surface area contributed by atoms with Crippen LogP contribution in [-0.4, -0.2) is 53.2 Å². The van der Waals surface area contributed by atoms with E-state index in [4.69, 9.17) is 9.47 Å². The van der Waals surface area contributed by atoms with Crippen LogP contribution in [0.1, 0.15) is 36.8 Å². The van der Waals surface area contributed by atoms with Crippen LogP contribution in [0, 0.1) is 6.92 Å². The predicted octanol–water partition coefficient (Wildman–Crippen LogP) is 2.99. The molecule has 2 aromatic carbocycles. The molecule has 0 aromatic heterocycles. The van der Waals surface area contributed by atoms with E-state index in [1.54, 1.807) is 38.5 Å². The lowest BCUT2D eigenvalue weighted by Crippen LogP contribution is -2.54. The Morgan fingerprint density at radius 2 is 1.75 bits per heavy atom. The summed E-state index contributed by atoms with van der Waals surface area (Å²) in [6.07, 6.45) is 3.79. The molecule has 2 aromatic rings. The largest absolute Gasteiger partial charge is 0.493 e. The van der Waals surface area contributed by atoms with Crippen LogP contribution in [0.2, 0.25) is 0 Å². The van der Waals surface area contributed by atoms with Crippen LogP contribution in [-0.2, 0) is 15.4 Å². The van der Waals surface area contributed by atoms with Crippen molar-refractivity contribution in [3.8, 4) is 11.5 Å². The molecule has 4 rings (SSSR count). The van der Waals surface area contributed by atoms with E-state index in [-0.39, 0.29) is 16.4 Å². The van der Waals surface area contributed by atoms with Gasteiger partial charge in [0, 0.05) is 17.5 Å². The lowest BCUT2D eigenvalue weighted by atomic mass is 9.65. The summed E-state index contributed by atoms with van der Waals surface area (Å²) in [6, 6.07) is 13.5. The molecule has 1 aliphatic carbocycles. The van der Waals surface area contributed by atoms with Crippen LogP contribution in [0.5, 0.6) is 11.5 Å². The van der Waals surface area contributed by atoms with E-state index in [0.29, 0.717) is 6.04 Å². The number of hydrogen-bond acceptors (Lipinski definition) is 6. The van der Waals surface area contributed by atoms with E-state index in [1.165, 1.54) is 5.56 Å². The van der Waals surface area contributed by atoms with Crippen molar-refractivity contribution in [3.05, 3.63) is 53.6 Å². The van der Waals surface area contributed by atoms with Gasteiger partial charge in [-0.15, -0.1) is 4.83 Å². The SMILES string of the molecule is COc1ccc([C@]23CCC(NNS(=O)(=O)c4ccc(C)cc4)C[C@H]2N(C)CC3)cc1OC. The fourth-order valence-corrected chi connectivity index (χ4v) is 6.27. The number of aryl methyl sites for hydroxylation is 1. The summed E-state index contributed by atoms with van der Waals surface area (Å²) in [6.45, 7) is 2.95. The van der Waals surface area contributed by atoms with Crippen LogP contribution in [0.25, 0.3) is 0 Å². The number of nitrogens with one attached hydrogen (secondary N) is 2. The van der Waals surface area contributed by atoms with Gasteiger partial charge in [-0.1, -0.05) is 23.8 Å². The van der Waals surface area contributed by atoms with Gasteiger partial charge in [-0.05, 0) is 76.0 Å². The number of benzene rings is 2. The molecule has 1 saturated heterocycles. The normalized spacial score (nSPS) is 26.0. The minimum Gasteiger partial charge on any atom is -0.493 e. The molecule has 174 valence electrons. The summed E-state index contributed by atoms with van der Waals surface area (Å²) >= 11 is 0. The monoisotopic (exact) mass is 459 g/mol. The van der Waals surface area contributed by atoms with Gasteiger partial charge >= 0.3 is 0 Å². The number of rotatable bonds is 7. The van der Waals surface area contributed by atoms with E-state index >= 15 is 0 Å². The second-order valence-corrected chi connectivity index (χ2v) is 10.7. The molecule has 32 heavy (non-hydrogen) atoms. The molecular formula is C24H33N3O4S. The van der Waals surface area contributed by atoms with E-state index < -0.39 is 10.0 Å². The smallest absolute Gasteiger partial charge is 0.253 e. The topological polar surface area (TPSA) is 79.9 Å². The Labute approximate surface area is 191 Å². The Morgan fingerprint density at radius 1 is 1.03 bits per heavy atom. The van der Waals surface area contributed by atoms with Crippen molar-refractivity contribution < 1.29 is 17.9 Å². The molecule has 8 heteroatoms. The van der Waals surface area contributed by atoms with Crippen molar-refractivity contribution in [1.29, 1.82) is 0 Å². The summed E-state index contributed by atoms with van der Waals surface area (Å²) in [5, 5.41) is 0. The zero-order chi connectivity index (χ0) is 22.9. The zero-order valence-corrected chi connectivity index (χ0v) is 20.0. The maximum absolute atomic E-state index is 12.7. The maximum Gasteiger partial charge on any atom is 0.253 e. The quantitative estimate of drug-likeness (QED) is 0.620. The van der Waals surface area contributed by atoms with Crippen LogP contribution < -0.4 is 19.7 Å². The Morgan fingerprint density at radius 3 is 2.44 bits per heavy atom. The molecule has 2 aliphatic rings. The molecular weight excluding hydrogens is 426 g/mol. The van der Waals surface area contributed by atoms with E-state index in [2.05, 4.69) is 34.3 Å². The fourth-order valence-electron chi connectivity index (χ4n) is 5.33. The third kappa shape index (κ3) is 4.24. The van der Waals surface area contributed by atoms with Crippen molar-refractivity contribution in [2.75, 3.05) is 27.8 Å². The highest BCUT2D eigenvalue weighted by molar-refractivity contribution is 7.89. The van der Waals surface area contributed by atoms with E-state index in [0.717, 1.165) is 49.3 Å². The van der Waals surface area contributed by atoms with Gasteiger partial charge in [-0.2, -0.15) is 0 Å². The molecule has 1 unspecified atom stereocenters. The van der Waals surface area contributed by atoms with Crippen molar-refractivity contribution in [3.63, 3.8) is 0 Å². The van der Waals surface area contributed by atoms with Gasteiger partial charge < -0.3 is 14.4 Å². The van der Waals surface area contributed by atoms with Gasteiger partial charge in [0.05, 0.1) is 19.1 Å². The maximum atomic E-state index is 12.7. The van der Waals surface area contributed by atoms with Crippen LogP contribution in [0.4, 0.5) is 0 Å². The standard InChI is InChI=1S/C24H33N3O4S/c1-17-5-8-20(9-6-17)32(28,29)26-25-19-11-12-24(13-14-27(2)23(24)16-19)18-7-10-21(30-3)22(15-18)31-4/h5-10,15,19,23,25-26H,11-14,16H2,1-4H3/t19?,23-,24-/m1/s1. The Balaban J connectivity index is 1.50. The molecule has 7 nitrogen and oxygen atoms in total. The minimum absolute atomic E-state index is 0.0301. The van der Waals surface area contributed by atoms with Gasteiger partial charge in [0.1, 0.15) is 0 Å². The molecule has 1 aliphatic heterocycles. The number of likely N-dealkylation sites (N-methyl/N-ethyl adjacent to an activating group) is 1. The van der Waals surface area contributed by atoms with E-state index in [1.807, 2.05) is 13.0 Å². The first-order valence-electron chi connectivity index (χ1n) is 11.1. The van der Waals surface area contributed by atoms with Crippen LogP contribution >= 0.6 is 0 Å². The van der Waals surface area contributed by atoms with Gasteiger partial charge in [-0.25, -0.2) is 13.8 Å². The Hall–Kier alpha value is -2.13. The molecule has 2 N–H and O–H groups in total. The van der Waals surface area contributed by atoms with Gasteiger partial charge in [-0.3, -0.25) is 0 Å². The van der Waals surface area contributed by atoms with Gasteiger partial charge in [0.2, 0.25) is 0 Å². The van der Waals surface area contributed by atoms with Crippen LogP contribution in [0.3, 0.4) is 0 Å². The Kier molecular flexibility index (Phi) is 6.49. The zero-order valence-electron chi connectivity index (χ0n) is 19.2. The van der Waals surface area contributed by atoms with Crippen LogP contribution in [0.15, 0.2) is 47.4 Å². The number of hydrogen-bond donors (Lipinski definition) is 2. The van der Waals surface area contributed by atoms with Gasteiger partial charge in [0.15, 0.2) is 11.5 Å². The molecule has 2 fully saturated rings. The summed E-state index contributed by atoms with van der Waals surface area (Å²) in [5.41, 5.74) is 5.43. The minimum atomic E-state index is -3.60. The number of fused-ring (bicyclic) bond motifs is 1. The van der Waals surface area contributed by atoms with Crippen molar-refractivity contribution >= 4 is 10.0 Å². The molecule has 1 saturated carbocycles. The predicted molar refractivity (Wildman–Crippen MR) is 125 cm³/mol. The Bertz CT molecular complexity index is 1060. The summed E-state index contributed by atoms with van der Waals surface area (Å²) in [4.78, 5) is 5.28.